The number of aliphatic hydroxyl groups is 1. The number of rotatable bonds is 4. The Morgan fingerprint density at radius 1 is 1.24 bits per heavy atom. The zero-order valence-corrected chi connectivity index (χ0v) is 10.0. The largest absolute Gasteiger partial charge is 0.478 e. The lowest BCUT2D eigenvalue weighted by Crippen LogP contribution is -2.26. The number of hydrogen-bond donors (Lipinski definition) is 3. The Morgan fingerprint density at radius 3 is 2.18 bits per heavy atom. The fourth-order valence-corrected chi connectivity index (χ4v) is 1.83. The van der Waals surface area contributed by atoms with Crippen LogP contribution in [-0.4, -0.2) is 35.2 Å². The van der Waals surface area contributed by atoms with Gasteiger partial charge in [0.1, 0.15) is 0 Å². The number of halogens is 2. The minimum Gasteiger partial charge on any atom is -0.478 e. The second-order valence-electron chi connectivity index (χ2n) is 3.10. The van der Waals surface area contributed by atoms with Gasteiger partial charge in [-0.15, -0.1) is 0 Å². The molecule has 0 atom stereocenters. The molecule has 5 nitrogen and oxygen atoms in total. The normalized spacial score (nSPS) is 10.1. The van der Waals surface area contributed by atoms with Crippen molar-refractivity contribution in [3.8, 4) is 0 Å². The van der Waals surface area contributed by atoms with Crippen molar-refractivity contribution in [3.05, 3.63) is 33.3 Å². The van der Waals surface area contributed by atoms with Crippen molar-refractivity contribution in [2.75, 3.05) is 13.2 Å². The summed E-state index contributed by atoms with van der Waals surface area (Å²) in [7, 11) is 0. The summed E-state index contributed by atoms with van der Waals surface area (Å²) in [5.74, 6) is -1.75. The smallest absolute Gasteiger partial charge is 0.338 e. The molecule has 1 amide bonds. The Hall–Kier alpha value is -1.30. The summed E-state index contributed by atoms with van der Waals surface area (Å²) in [6, 6.07) is 2.42. The molecule has 3 N–H and O–H groups in total. The quantitative estimate of drug-likeness (QED) is 0.777. The van der Waals surface area contributed by atoms with Gasteiger partial charge in [-0.3, -0.25) is 4.79 Å². The van der Waals surface area contributed by atoms with Crippen LogP contribution >= 0.6 is 23.2 Å². The highest BCUT2D eigenvalue weighted by molar-refractivity contribution is 6.39. The molecule has 0 aliphatic rings. The van der Waals surface area contributed by atoms with E-state index in [0.29, 0.717) is 0 Å². The molecule has 0 radical (unpaired) electrons. The first-order valence-corrected chi connectivity index (χ1v) is 5.34. The lowest BCUT2D eigenvalue weighted by atomic mass is 10.1. The van der Waals surface area contributed by atoms with E-state index in [1.165, 1.54) is 12.1 Å². The van der Waals surface area contributed by atoms with Crippen LogP contribution in [0.5, 0.6) is 0 Å². The van der Waals surface area contributed by atoms with E-state index < -0.39 is 11.9 Å². The number of carbonyl (C=O) groups excluding carboxylic acids is 1. The molecule has 1 rings (SSSR count). The zero-order valence-electron chi connectivity index (χ0n) is 8.54. The molecule has 0 aromatic heterocycles. The molecule has 92 valence electrons. The van der Waals surface area contributed by atoms with E-state index in [-0.39, 0.29) is 34.3 Å². The summed E-state index contributed by atoms with van der Waals surface area (Å²) < 4.78 is 0. The first kappa shape index (κ1) is 13.8. The summed E-state index contributed by atoms with van der Waals surface area (Å²) in [4.78, 5) is 22.3. The predicted octanol–water partition coefficient (Wildman–Crippen LogP) is 1.41. The van der Waals surface area contributed by atoms with Crippen LogP contribution in [0, 0.1) is 0 Å². The third-order valence-electron chi connectivity index (χ3n) is 1.92. The Morgan fingerprint density at radius 2 is 1.76 bits per heavy atom. The van der Waals surface area contributed by atoms with E-state index in [4.69, 9.17) is 33.4 Å². The maximum absolute atomic E-state index is 11.5. The third kappa shape index (κ3) is 3.33. The van der Waals surface area contributed by atoms with Gasteiger partial charge in [0.2, 0.25) is 0 Å². The molecular formula is C10H9Cl2NO4. The van der Waals surface area contributed by atoms with Crippen molar-refractivity contribution in [1.29, 1.82) is 0 Å². The molecule has 0 saturated carbocycles. The second kappa shape index (κ2) is 5.86. The summed E-state index contributed by atoms with van der Waals surface area (Å²) >= 11 is 11.4. The van der Waals surface area contributed by atoms with Crippen LogP contribution in [0.3, 0.4) is 0 Å². The average molecular weight is 278 g/mol. The van der Waals surface area contributed by atoms with Crippen LogP contribution in [0.25, 0.3) is 0 Å². The first-order chi connectivity index (χ1) is 7.97. The van der Waals surface area contributed by atoms with Gasteiger partial charge < -0.3 is 15.5 Å². The van der Waals surface area contributed by atoms with Gasteiger partial charge in [0.25, 0.3) is 5.91 Å². The standard InChI is InChI=1S/C10H9Cl2NO4/c11-6-3-5(9(15)13-1-2-14)4-7(12)8(6)10(16)17/h3-4,14H,1-2H2,(H,13,15)(H,16,17). The number of nitrogens with one attached hydrogen (secondary N) is 1. The first-order valence-electron chi connectivity index (χ1n) is 4.58. The highest BCUT2D eigenvalue weighted by atomic mass is 35.5. The number of aliphatic hydroxyl groups excluding tert-OH is 1. The molecule has 0 aliphatic carbocycles. The Kier molecular flexibility index (Phi) is 4.74. The van der Waals surface area contributed by atoms with Gasteiger partial charge in [0.05, 0.1) is 22.2 Å². The van der Waals surface area contributed by atoms with Crippen LogP contribution in [0.4, 0.5) is 0 Å². The highest BCUT2D eigenvalue weighted by Crippen LogP contribution is 2.26. The van der Waals surface area contributed by atoms with Gasteiger partial charge in [0, 0.05) is 12.1 Å². The van der Waals surface area contributed by atoms with Crippen LogP contribution in [-0.2, 0) is 0 Å². The maximum atomic E-state index is 11.5. The number of hydrogen-bond acceptors (Lipinski definition) is 3. The lowest BCUT2D eigenvalue weighted by molar-refractivity contribution is 0.0696. The summed E-state index contributed by atoms with van der Waals surface area (Å²) in [5, 5.41) is 19.5. The molecule has 7 heteroatoms. The van der Waals surface area contributed by atoms with Crippen molar-refractivity contribution in [3.63, 3.8) is 0 Å². The number of carbonyl (C=O) groups is 2. The van der Waals surface area contributed by atoms with Crippen molar-refractivity contribution in [2.45, 2.75) is 0 Å². The molecule has 0 spiro atoms. The molecule has 1 aromatic rings. The highest BCUT2D eigenvalue weighted by Gasteiger charge is 2.17. The van der Waals surface area contributed by atoms with E-state index in [2.05, 4.69) is 5.32 Å². The number of carboxylic acid groups (broad SMARTS) is 1. The van der Waals surface area contributed by atoms with Crippen molar-refractivity contribution in [1.82, 2.24) is 5.32 Å². The summed E-state index contributed by atoms with van der Waals surface area (Å²) in [6.45, 7) is -0.102. The molecule has 0 heterocycles. The number of aromatic carboxylic acids is 1. The monoisotopic (exact) mass is 277 g/mol. The van der Waals surface area contributed by atoms with Gasteiger partial charge in [-0.05, 0) is 12.1 Å². The Balaban J connectivity index is 3.06. The third-order valence-corrected chi connectivity index (χ3v) is 2.51. The number of benzene rings is 1. The predicted molar refractivity (Wildman–Crippen MR) is 62.8 cm³/mol. The van der Waals surface area contributed by atoms with E-state index in [1.807, 2.05) is 0 Å². The Labute approximate surface area is 107 Å². The molecule has 17 heavy (non-hydrogen) atoms. The average Bonchev–Trinajstić information content (AvgIpc) is 2.24. The lowest BCUT2D eigenvalue weighted by Gasteiger charge is -2.07. The molecule has 0 unspecified atom stereocenters. The van der Waals surface area contributed by atoms with Gasteiger partial charge >= 0.3 is 5.97 Å². The summed E-state index contributed by atoms with van der Waals surface area (Å²) in [5.41, 5.74) is -0.106. The fourth-order valence-electron chi connectivity index (χ4n) is 1.18. The maximum Gasteiger partial charge on any atom is 0.338 e. The van der Waals surface area contributed by atoms with E-state index in [0.717, 1.165) is 0 Å². The van der Waals surface area contributed by atoms with Crippen LogP contribution in [0.1, 0.15) is 20.7 Å². The molecule has 1 aromatic carbocycles. The van der Waals surface area contributed by atoms with Gasteiger partial charge in [-0.25, -0.2) is 4.79 Å². The van der Waals surface area contributed by atoms with Crippen molar-refractivity contribution >= 4 is 35.1 Å². The number of carboxylic acids is 1. The van der Waals surface area contributed by atoms with E-state index in [1.54, 1.807) is 0 Å². The molecule has 0 saturated heterocycles. The minimum absolute atomic E-state index is 0.0920. The van der Waals surface area contributed by atoms with Crippen molar-refractivity contribution < 1.29 is 19.8 Å². The fraction of sp³-hybridized carbons (Fsp3) is 0.200. The van der Waals surface area contributed by atoms with Gasteiger partial charge in [0.15, 0.2) is 0 Å². The van der Waals surface area contributed by atoms with Crippen molar-refractivity contribution in [2.24, 2.45) is 0 Å². The van der Waals surface area contributed by atoms with Crippen LogP contribution in [0.15, 0.2) is 12.1 Å². The van der Waals surface area contributed by atoms with Crippen LogP contribution in [0.2, 0.25) is 10.0 Å². The molecule has 0 bridgehead atoms. The zero-order chi connectivity index (χ0) is 13.0. The van der Waals surface area contributed by atoms with Crippen LogP contribution < -0.4 is 5.32 Å². The van der Waals surface area contributed by atoms with Gasteiger partial charge in [-0.1, -0.05) is 23.2 Å². The topological polar surface area (TPSA) is 86.6 Å². The Bertz CT molecular complexity index is 439. The molecule has 0 aliphatic heterocycles. The second-order valence-corrected chi connectivity index (χ2v) is 3.91. The van der Waals surface area contributed by atoms with E-state index in [9.17, 15) is 9.59 Å². The molecule has 0 fully saturated rings. The molecular weight excluding hydrogens is 269 g/mol. The minimum atomic E-state index is -1.26. The number of amides is 1. The van der Waals surface area contributed by atoms with Gasteiger partial charge in [-0.2, -0.15) is 0 Å². The van der Waals surface area contributed by atoms with E-state index >= 15 is 0 Å². The SMILES string of the molecule is O=C(NCCO)c1cc(Cl)c(C(=O)O)c(Cl)c1. The summed E-state index contributed by atoms with van der Waals surface area (Å²) in [6.07, 6.45) is 0.